The average molecular weight is 323 g/mol. The van der Waals surface area contributed by atoms with E-state index in [2.05, 4.69) is 5.32 Å². The highest BCUT2D eigenvalue weighted by Crippen LogP contribution is 2.00. The van der Waals surface area contributed by atoms with Gasteiger partial charge in [-0.1, -0.05) is 30.3 Å². The van der Waals surface area contributed by atoms with Crippen LogP contribution < -0.4 is 5.32 Å². The molecule has 2 N–H and O–H groups in total. The molecule has 0 unspecified atom stereocenters. The monoisotopic (exact) mass is 323 g/mol. The number of carbonyl (C=O) groups excluding carboxylic acids is 2. The van der Waals surface area contributed by atoms with Crippen molar-refractivity contribution in [3.63, 3.8) is 0 Å². The third-order valence-corrected chi connectivity index (χ3v) is 2.84. The van der Waals surface area contributed by atoms with Gasteiger partial charge in [0.1, 0.15) is 6.61 Å². The van der Waals surface area contributed by atoms with Crippen LogP contribution in [0.3, 0.4) is 0 Å². The fraction of sp³-hybridized carbons (Fsp3) is 0.438. The molecular weight excluding hydrogens is 302 g/mol. The van der Waals surface area contributed by atoms with E-state index >= 15 is 0 Å². The lowest BCUT2D eigenvalue weighted by Crippen LogP contribution is -2.26. The number of hydrogen-bond donors (Lipinski definition) is 2. The van der Waals surface area contributed by atoms with Crippen LogP contribution in [0.2, 0.25) is 0 Å². The van der Waals surface area contributed by atoms with Crippen molar-refractivity contribution in [1.29, 1.82) is 0 Å². The molecule has 0 aliphatic rings. The molecular formula is C16H21NO6. The number of carbonyl (C=O) groups is 3. The maximum atomic E-state index is 11.4. The topological polar surface area (TPSA) is 102 Å². The fourth-order valence-corrected chi connectivity index (χ4v) is 1.68. The second-order valence-electron chi connectivity index (χ2n) is 4.81. The van der Waals surface area contributed by atoms with Crippen LogP contribution in [0, 0.1) is 0 Å². The number of esters is 1. The number of amides is 1. The van der Waals surface area contributed by atoms with E-state index in [1.165, 1.54) is 0 Å². The number of aliphatic carboxylic acids is 1. The normalized spacial score (nSPS) is 9.91. The van der Waals surface area contributed by atoms with Gasteiger partial charge in [0.25, 0.3) is 0 Å². The largest absolute Gasteiger partial charge is 0.481 e. The van der Waals surface area contributed by atoms with E-state index in [9.17, 15) is 14.4 Å². The zero-order valence-electron chi connectivity index (χ0n) is 12.8. The van der Waals surface area contributed by atoms with E-state index in [1.807, 2.05) is 30.3 Å². The molecule has 23 heavy (non-hydrogen) atoms. The van der Waals surface area contributed by atoms with E-state index in [0.717, 1.165) is 5.56 Å². The molecule has 0 saturated carbocycles. The van der Waals surface area contributed by atoms with E-state index in [1.54, 1.807) is 0 Å². The average Bonchev–Trinajstić information content (AvgIpc) is 2.53. The van der Waals surface area contributed by atoms with Gasteiger partial charge in [0.2, 0.25) is 0 Å². The van der Waals surface area contributed by atoms with Crippen molar-refractivity contribution >= 4 is 18.0 Å². The maximum absolute atomic E-state index is 11.4. The van der Waals surface area contributed by atoms with Crippen molar-refractivity contribution in [1.82, 2.24) is 5.32 Å². The van der Waals surface area contributed by atoms with Gasteiger partial charge in [0, 0.05) is 19.4 Å². The standard InChI is InChI=1S/C16H21NO6/c18-14(19)8-4-9-15(20)22-11-5-10-17-16(21)23-12-13-6-2-1-3-7-13/h1-3,6-7H,4-5,8-12H2,(H,17,21)(H,18,19). The Labute approximate surface area is 134 Å². The van der Waals surface area contributed by atoms with Crippen molar-refractivity contribution in [2.45, 2.75) is 32.3 Å². The predicted molar refractivity (Wildman–Crippen MR) is 81.7 cm³/mol. The van der Waals surface area contributed by atoms with E-state index < -0.39 is 18.0 Å². The summed E-state index contributed by atoms with van der Waals surface area (Å²) >= 11 is 0. The number of benzene rings is 1. The highest BCUT2D eigenvalue weighted by atomic mass is 16.5. The fourth-order valence-electron chi connectivity index (χ4n) is 1.68. The molecule has 1 amide bonds. The molecule has 0 aromatic heterocycles. The summed E-state index contributed by atoms with van der Waals surface area (Å²) in [6.07, 6.45) is 0.230. The molecule has 1 aromatic carbocycles. The molecule has 1 rings (SSSR count). The number of rotatable bonds is 10. The Bertz CT molecular complexity index is 503. The lowest BCUT2D eigenvalue weighted by Gasteiger charge is -2.07. The Kier molecular flexibility index (Phi) is 8.88. The molecule has 0 fully saturated rings. The molecule has 0 aliphatic carbocycles. The van der Waals surface area contributed by atoms with Gasteiger partial charge in [-0.2, -0.15) is 0 Å². The van der Waals surface area contributed by atoms with Crippen molar-refractivity contribution in [3.05, 3.63) is 35.9 Å². The van der Waals surface area contributed by atoms with Gasteiger partial charge in [-0.15, -0.1) is 0 Å². The second kappa shape index (κ2) is 11.1. The first-order valence-corrected chi connectivity index (χ1v) is 7.40. The molecule has 7 heteroatoms. The van der Waals surface area contributed by atoms with Crippen LogP contribution in [-0.2, 0) is 25.7 Å². The van der Waals surface area contributed by atoms with Gasteiger partial charge in [0.05, 0.1) is 6.61 Å². The predicted octanol–water partition coefficient (Wildman–Crippen LogP) is 2.10. The first kappa shape index (κ1) is 18.5. The zero-order valence-corrected chi connectivity index (χ0v) is 12.8. The highest BCUT2D eigenvalue weighted by Gasteiger charge is 2.05. The van der Waals surface area contributed by atoms with Crippen molar-refractivity contribution in [3.8, 4) is 0 Å². The lowest BCUT2D eigenvalue weighted by molar-refractivity contribution is -0.144. The number of carboxylic acids is 1. The van der Waals surface area contributed by atoms with Crippen LogP contribution in [0.15, 0.2) is 30.3 Å². The van der Waals surface area contributed by atoms with Crippen molar-refractivity contribution in [2.75, 3.05) is 13.2 Å². The van der Waals surface area contributed by atoms with Crippen LogP contribution in [-0.4, -0.2) is 36.3 Å². The van der Waals surface area contributed by atoms with E-state index in [-0.39, 0.29) is 32.5 Å². The van der Waals surface area contributed by atoms with E-state index in [0.29, 0.717) is 13.0 Å². The van der Waals surface area contributed by atoms with Crippen LogP contribution in [0.25, 0.3) is 0 Å². The Hall–Kier alpha value is -2.57. The van der Waals surface area contributed by atoms with Gasteiger partial charge in [-0.3, -0.25) is 9.59 Å². The summed E-state index contributed by atoms with van der Waals surface area (Å²) in [5, 5.41) is 11.0. The van der Waals surface area contributed by atoms with Crippen molar-refractivity contribution in [2.24, 2.45) is 0 Å². The summed E-state index contributed by atoms with van der Waals surface area (Å²) in [5.74, 6) is -1.37. The Balaban J connectivity index is 1.98. The Morgan fingerprint density at radius 1 is 1.00 bits per heavy atom. The van der Waals surface area contributed by atoms with Crippen LogP contribution in [0.4, 0.5) is 4.79 Å². The molecule has 0 spiro atoms. The van der Waals surface area contributed by atoms with Gasteiger partial charge in [-0.25, -0.2) is 4.79 Å². The number of hydrogen-bond acceptors (Lipinski definition) is 5. The molecule has 0 radical (unpaired) electrons. The van der Waals surface area contributed by atoms with Gasteiger partial charge in [0.15, 0.2) is 0 Å². The summed E-state index contributed by atoms with van der Waals surface area (Å²) in [7, 11) is 0. The Morgan fingerprint density at radius 3 is 2.43 bits per heavy atom. The zero-order chi connectivity index (χ0) is 16.9. The van der Waals surface area contributed by atoms with Gasteiger partial charge < -0.3 is 19.9 Å². The molecule has 126 valence electrons. The van der Waals surface area contributed by atoms with Crippen molar-refractivity contribution < 1.29 is 29.0 Å². The molecule has 0 atom stereocenters. The molecule has 0 aliphatic heterocycles. The third-order valence-electron chi connectivity index (χ3n) is 2.84. The first-order valence-electron chi connectivity index (χ1n) is 7.40. The van der Waals surface area contributed by atoms with Gasteiger partial charge >= 0.3 is 18.0 Å². The first-order chi connectivity index (χ1) is 11.1. The van der Waals surface area contributed by atoms with Crippen LogP contribution in [0.5, 0.6) is 0 Å². The Morgan fingerprint density at radius 2 is 1.74 bits per heavy atom. The number of carboxylic acid groups (broad SMARTS) is 1. The maximum Gasteiger partial charge on any atom is 0.407 e. The summed E-state index contributed by atoms with van der Waals surface area (Å²) in [4.78, 5) is 33.0. The third kappa shape index (κ3) is 9.89. The van der Waals surface area contributed by atoms with Crippen LogP contribution in [0.1, 0.15) is 31.2 Å². The smallest absolute Gasteiger partial charge is 0.407 e. The molecule has 0 bridgehead atoms. The quantitative estimate of drug-likeness (QED) is 0.505. The number of nitrogens with one attached hydrogen (secondary N) is 1. The molecule has 7 nitrogen and oxygen atoms in total. The van der Waals surface area contributed by atoms with E-state index in [4.69, 9.17) is 14.6 Å². The number of ether oxygens (including phenoxy) is 2. The minimum absolute atomic E-state index is 0.0517. The SMILES string of the molecule is O=C(O)CCCC(=O)OCCCNC(=O)OCc1ccccc1. The summed E-state index contributed by atoms with van der Waals surface area (Å²) < 4.78 is 9.93. The van der Waals surface area contributed by atoms with Crippen LogP contribution >= 0.6 is 0 Å². The molecule has 0 heterocycles. The summed E-state index contributed by atoms with van der Waals surface area (Å²) in [5.41, 5.74) is 0.901. The lowest BCUT2D eigenvalue weighted by atomic mass is 10.2. The second-order valence-corrected chi connectivity index (χ2v) is 4.81. The summed E-state index contributed by atoms with van der Waals surface area (Å²) in [6, 6.07) is 9.32. The highest BCUT2D eigenvalue weighted by molar-refractivity contribution is 5.71. The minimum atomic E-state index is -0.934. The van der Waals surface area contributed by atoms with Gasteiger partial charge in [-0.05, 0) is 18.4 Å². The number of alkyl carbamates (subject to hydrolysis) is 1. The minimum Gasteiger partial charge on any atom is -0.481 e. The molecule has 0 saturated heterocycles. The molecule has 1 aromatic rings. The summed E-state index contributed by atoms with van der Waals surface area (Å²) in [6.45, 7) is 0.701.